The Kier molecular flexibility index (Phi) is 4.62. The largest absolute Gasteiger partial charge is 0.335 e. The first-order chi connectivity index (χ1) is 13.8. The van der Waals surface area contributed by atoms with Gasteiger partial charge in [0.25, 0.3) is 11.5 Å². The molecule has 5 nitrogen and oxygen atoms in total. The molecule has 3 aromatic heterocycles. The summed E-state index contributed by atoms with van der Waals surface area (Å²) in [4.78, 5) is 29.0. The van der Waals surface area contributed by atoms with E-state index in [1.54, 1.807) is 49.0 Å². The molecule has 0 radical (unpaired) electrons. The lowest BCUT2D eigenvalue weighted by atomic mass is 10.0. The van der Waals surface area contributed by atoms with Crippen LogP contribution in [0.5, 0.6) is 0 Å². The summed E-state index contributed by atoms with van der Waals surface area (Å²) in [6.07, 6.45) is 4.79. The Morgan fingerprint density at radius 2 is 1.83 bits per heavy atom. The monoisotopic (exact) mass is 415 g/mol. The molecule has 1 atom stereocenters. The summed E-state index contributed by atoms with van der Waals surface area (Å²) in [7, 11) is 1.61. The van der Waals surface area contributed by atoms with Crippen LogP contribution >= 0.6 is 11.6 Å². The first-order valence-corrected chi connectivity index (χ1v) is 9.19. The van der Waals surface area contributed by atoms with Crippen molar-refractivity contribution in [3.8, 4) is 0 Å². The van der Waals surface area contributed by atoms with Gasteiger partial charge in [0.2, 0.25) is 0 Å². The molecular weight excluding hydrogens is 400 g/mol. The van der Waals surface area contributed by atoms with E-state index in [4.69, 9.17) is 11.6 Å². The van der Waals surface area contributed by atoms with Crippen LogP contribution in [0.2, 0.25) is 5.02 Å². The van der Waals surface area contributed by atoms with Gasteiger partial charge >= 0.3 is 0 Å². The molecule has 1 amide bonds. The van der Waals surface area contributed by atoms with Crippen molar-refractivity contribution in [3.63, 3.8) is 0 Å². The maximum Gasteiger partial charge on any atom is 0.255 e. The topological polar surface area (TPSA) is 57.6 Å². The summed E-state index contributed by atoms with van der Waals surface area (Å²) in [5, 5.41) is 0.828. The van der Waals surface area contributed by atoms with Crippen molar-refractivity contribution in [1.29, 1.82) is 0 Å². The van der Waals surface area contributed by atoms with Gasteiger partial charge in [-0.15, -0.1) is 0 Å². The normalized spacial score (nSPS) is 12.4. The number of carbonyl (C=O) groups is 1. The van der Waals surface area contributed by atoms with E-state index in [2.05, 4.69) is 4.98 Å². The standard InChI is InChI=1S/C21H16ClF2N3O2/c1-11(17-8-25-20(28)16-7-19(24)18(23)6-15(16)17)26(2)21(29)12-5-14-4-3-13(22)10-27(14)9-12/h3-11H,1-2H3,(H,25,28)/t11-/m0/s1. The van der Waals surface area contributed by atoms with Gasteiger partial charge in [-0.05, 0) is 48.2 Å². The number of benzene rings is 1. The summed E-state index contributed by atoms with van der Waals surface area (Å²) in [6.45, 7) is 1.75. The second-order valence-electron chi connectivity index (χ2n) is 6.89. The molecule has 0 saturated carbocycles. The smallest absolute Gasteiger partial charge is 0.255 e. The summed E-state index contributed by atoms with van der Waals surface area (Å²) in [5.74, 6) is -2.42. The van der Waals surface area contributed by atoms with Gasteiger partial charge in [-0.1, -0.05) is 11.6 Å². The maximum absolute atomic E-state index is 13.8. The number of nitrogens with one attached hydrogen (secondary N) is 1. The molecule has 29 heavy (non-hydrogen) atoms. The molecule has 0 saturated heterocycles. The number of H-pyrrole nitrogens is 1. The highest BCUT2D eigenvalue weighted by Gasteiger charge is 2.23. The third kappa shape index (κ3) is 3.27. The van der Waals surface area contributed by atoms with E-state index in [1.165, 1.54) is 11.1 Å². The molecule has 8 heteroatoms. The highest BCUT2D eigenvalue weighted by molar-refractivity contribution is 6.30. The number of halogens is 3. The number of aromatic amines is 1. The summed E-state index contributed by atoms with van der Waals surface area (Å²) >= 11 is 5.99. The number of pyridine rings is 2. The molecule has 1 N–H and O–H groups in total. The predicted molar refractivity (Wildman–Crippen MR) is 107 cm³/mol. The van der Waals surface area contributed by atoms with Crippen molar-refractivity contribution in [2.45, 2.75) is 13.0 Å². The lowest BCUT2D eigenvalue weighted by molar-refractivity contribution is 0.0743. The molecule has 148 valence electrons. The van der Waals surface area contributed by atoms with Crippen LogP contribution in [0.3, 0.4) is 0 Å². The maximum atomic E-state index is 13.8. The number of hydrogen-bond donors (Lipinski definition) is 1. The molecule has 0 aliphatic heterocycles. The quantitative estimate of drug-likeness (QED) is 0.534. The Morgan fingerprint density at radius 1 is 1.14 bits per heavy atom. The molecule has 0 unspecified atom stereocenters. The molecule has 0 aliphatic rings. The van der Waals surface area contributed by atoms with Crippen molar-refractivity contribution in [2.75, 3.05) is 7.05 Å². The van der Waals surface area contributed by atoms with Crippen molar-refractivity contribution in [3.05, 3.63) is 87.1 Å². The molecule has 1 aromatic carbocycles. The molecular formula is C21H16ClF2N3O2. The number of hydrogen-bond acceptors (Lipinski definition) is 2. The van der Waals surface area contributed by atoms with Crippen LogP contribution in [0.1, 0.15) is 28.9 Å². The van der Waals surface area contributed by atoms with Gasteiger partial charge in [-0.25, -0.2) is 8.78 Å². The van der Waals surface area contributed by atoms with E-state index in [1.807, 2.05) is 0 Å². The third-order valence-corrected chi connectivity index (χ3v) is 5.35. The van der Waals surface area contributed by atoms with Gasteiger partial charge in [0, 0.05) is 31.2 Å². The fourth-order valence-electron chi connectivity index (χ4n) is 3.41. The van der Waals surface area contributed by atoms with Gasteiger partial charge in [0.1, 0.15) is 0 Å². The van der Waals surface area contributed by atoms with Gasteiger partial charge in [0.15, 0.2) is 11.6 Å². The average molecular weight is 416 g/mol. The van der Waals surface area contributed by atoms with E-state index < -0.39 is 23.2 Å². The van der Waals surface area contributed by atoms with Crippen LogP contribution in [0.15, 0.2) is 53.7 Å². The Morgan fingerprint density at radius 3 is 2.55 bits per heavy atom. The van der Waals surface area contributed by atoms with E-state index in [9.17, 15) is 18.4 Å². The summed E-state index contributed by atoms with van der Waals surface area (Å²) < 4.78 is 29.2. The molecule has 0 fully saturated rings. The second-order valence-corrected chi connectivity index (χ2v) is 7.32. The lowest BCUT2D eigenvalue weighted by Gasteiger charge is -2.26. The third-order valence-electron chi connectivity index (χ3n) is 5.13. The van der Waals surface area contributed by atoms with E-state index >= 15 is 0 Å². The number of nitrogens with zero attached hydrogens (tertiary/aromatic N) is 2. The van der Waals surface area contributed by atoms with Gasteiger partial charge in [0.05, 0.1) is 22.0 Å². The van der Waals surface area contributed by atoms with Crippen molar-refractivity contribution in [1.82, 2.24) is 14.3 Å². The zero-order chi connectivity index (χ0) is 20.9. The average Bonchev–Trinajstić information content (AvgIpc) is 3.11. The minimum atomic E-state index is -1.10. The number of fused-ring (bicyclic) bond motifs is 2. The minimum Gasteiger partial charge on any atom is -0.335 e. The predicted octanol–water partition coefficient (Wildman–Crippen LogP) is 4.55. The van der Waals surface area contributed by atoms with Crippen LogP contribution in [0.25, 0.3) is 16.3 Å². The van der Waals surface area contributed by atoms with Crippen molar-refractivity contribution in [2.24, 2.45) is 0 Å². The Hall–Kier alpha value is -3.19. The zero-order valence-corrected chi connectivity index (χ0v) is 16.3. The first kappa shape index (κ1) is 19.1. The van der Waals surface area contributed by atoms with Crippen LogP contribution in [0.4, 0.5) is 8.78 Å². The molecule has 4 rings (SSSR count). The second kappa shape index (κ2) is 7.00. The summed E-state index contributed by atoms with van der Waals surface area (Å²) in [6, 6.07) is 6.61. The molecule has 0 spiro atoms. The lowest BCUT2D eigenvalue weighted by Crippen LogP contribution is -2.30. The van der Waals surface area contributed by atoms with Gasteiger partial charge < -0.3 is 14.3 Å². The molecule has 0 bridgehead atoms. The molecule has 4 aromatic rings. The van der Waals surface area contributed by atoms with Crippen molar-refractivity contribution < 1.29 is 13.6 Å². The van der Waals surface area contributed by atoms with Gasteiger partial charge in [-0.3, -0.25) is 9.59 Å². The molecule has 3 heterocycles. The van der Waals surface area contributed by atoms with Crippen molar-refractivity contribution >= 4 is 33.8 Å². The van der Waals surface area contributed by atoms with E-state index in [0.29, 0.717) is 16.1 Å². The SMILES string of the molecule is C[C@@H](c1c[nH]c(=O)c2cc(F)c(F)cc12)N(C)C(=O)c1cc2ccc(Cl)cn2c1. The first-order valence-electron chi connectivity index (χ1n) is 8.81. The Labute approximate surface area is 169 Å². The van der Waals surface area contributed by atoms with Crippen LogP contribution < -0.4 is 5.56 Å². The number of rotatable bonds is 3. The number of aromatic nitrogens is 2. The highest BCUT2D eigenvalue weighted by atomic mass is 35.5. The van der Waals surface area contributed by atoms with Gasteiger partial charge in [-0.2, -0.15) is 0 Å². The number of carbonyl (C=O) groups excluding carboxylic acids is 1. The van der Waals surface area contributed by atoms with E-state index in [0.717, 1.165) is 17.6 Å². The zero-order valence-electron chi connectivity index (χ0n) is 15.5. The fourth-order valence-corrected chi connectivity index (χ4v) is 3.57. The van der Waals surface area contributed by atoms with Crippen LogP contribution in [0, 0.1) is 11.6 Å². The fraction of sp³-hybridized carbons (Fsp3) is 0.143. The van der Waals surface area contributed by atoms with Crippen LogP contribution in [-0.4, -0.2) is 27.2 Å². The number of amides is 1. The highest BCUT2D eigenvalue weighted by Crippen LogP contribution is 2.28. The van der Waals surface area contributed by atoms with E-state index in [-0.39, 0.29) is 16.7 Å². The summed E-state index contributed by atoms with van der Waals surface area (Å²) in [5.41, 5.74) is 1.24. The Balaban J connectivity index is 1.74. The Bertz CT molecular complexity index is 1330. The molecule has 0 aliphatic carbocycles. The van der Waals surface area contributed by atoms with Crippen LogP contribution in [-0.2, 0) is 0 Å². The minimum absolute atomic E-state index is 0.0262.